The molecule has 0 saturated heterocycles. The molecule has 0 heterocycles. The van der Waals surface area contributed by atoms with Crippen LogP contribution >= 0.6 is 34.8 Å². The first-order valence-electron chi connectivity index (χ1n) is 9.08. The van der Waals surface area contributed by atoms with Crippen LogP contribution in [0.15, 0.2) is 42.5 Å². The molecule has 0 spiro atoms. The highest BCUT2D eigenvalue weighted by atomic mass is 35.5. The number of halogens is 3. The number of hydrogen-bond donors (Lipinski definition) is 1. The zero-order valence-electron chi connectivity index (χ0n) is 15.8. The summed E-state index contributed by atoms with van der Waals surface area (Å²) in [6, 6.07) is 11.7. The normalized spacial score (nSPS) is 11.8. The summed E-state index contributed by atoms with van der Waals surface area (Å²) in [5.41, 5.74) is 1.51. The van der Waals surface area contributed by atoms with Gasteiger partial charge in [-0.05, 0) is 42.7 Å². The van der Waals surface area contributed by atoms with E-state index >= 15 is 0 Å². The number of benzene rings is 2. The highest BCUT2D eigenvalue weighted by molar-refractivity contribution is 6.42. The molecule has 1 atom stereocenters. The SMILES string of the molecule is CCCNC(=O)[C@H](C)N(Cc1ccccc1Cl)C(=O)Cc1ccc(Cl)c(Cl)c1. The van der Waals surface area contributed by atoms with Crippen LogP contribution in [-0.2, 0) is 22.6 Å². The van der Waals surface area contributed by atoms with Gasteiger partial charge in [0.05, 0.1) is 16.5 Å². The van der Waals surface area contributed by atoms with Gasteiger partial charge in [0.1, 0.15) is 6.04 Å². The summed E-state index contributed by atoms with van der Waals surface area (Å²) in [5.74, 6) is -0.395. The first-order chi connectivity index (χ1) is 13.3. The lowest BCUT2D eigenvalue weighted by molar-refractivity contribution is -0.140. The second kappa shape index (κ2) is 10.7. The molecule has 0 aliphatic heterocycles. The smallest absolute Gasteiger partial charge is 0.242 e. The zero-order valence-corrected chi connectivity index (χ0v) is 18.1. The highest BCUT2D eigenvalue weighted by Crippen LogP contribution is 2.24. The molecule has 0 bridgehead atoms. The van der Waals surface area contributed by atoms with Crippen LogP contribution in [0, 0.1) is 0 Å². The van der Waals surface area contributed by atoms with E-state index in [9.17, 15) is 9.59 Å². The van der Waals surface area contributed by atoms with Crippen LogP contribution in [-0.4, -0.2) is 29.3 Å². The van der Waals surface area contributed by atoms with Gasteiger partial charge in [0, 0.05) is 18.1 Å². The van der Waals surface area contributed by atoms with Crippen LogP contribution < -0.4 is 5.32 Å². The Morgan fingerprint density at radius 2 is 1.75 bits per heavy atom. The minimum Gasteiger partial charge on any atom is -0.354 e. The van der Waals surface area contributed by atoms with Gasteiger partial charge in [-0.3, -0.25) is 9.59 Å². The number of amides is 2. The van der Waals surface area contributed by atoms with E-state index in [1.165, 1.54) is 4.90 Å². The van der Waals surface area contributed by atoms with Gasteiger partial charge in [-0.1, -0.05) is 66.0 Å². The molecule has 28 heavy (non-hydrogen) atoms. The topological polar surface area (TPSA) is 49.4 Å². The number of carbonyl (C=O) groups is 2. The molecule has 0 aromatic heterocycles. The quantitative estimate of drug-likeness (QED) is 0.617. The molecular formula is C21H23Cl3N2O2. The molecule has 2 aromatic rings. The average Bonchev–Trinajstić information content (AvgIpc) is 2.67. The van der Waals surface area contributed by atoms with Crippen LogP contribution in [0.3, 0.4) is 0 Å². The van der Waals surface area contributed by atoms with Gasteiger partial charge in [0.2, 0.25) is 11.8 Å². The molecule has 4 nitrogen and oxygen atoms in total. The summed E-state index contributed by atoms with van der Waals surface area (Å²) in [6.45, 7) is 4.49. The van der Waals surface area contributed by atoms with Gasteiger partial charge in [-0.25, -0.2) is 0 Å². The van der Waals surface area contributed by atoms with E-state index in [4.69, 9.17) is 34.8 Å². The molecule has 1 N–H and O–H groups in total. The molecule has 2 amide bonds. The molecule has 0 saturated carbocycles. The molecule has 0 aliphatic carbocycles. The molecule has 150 valence electrons. The number of rotatable bonds is 8. The Kier molecular flexibility index (Phi) is 8.61. The van der Waals surface area contributed by atoms with Gasteiger partial charge in [0.25, 0.3) is 0 Å². The molecule has 0 unspecified atom stereocenters. The van der Waals surface area contributed by atoms with Crippen molar-refractivity contribution in [2.75, 3.05) is 6.54 Å². The van der Waals surface area contributed by atoms with Gasteiger partial charge in [-0.15, -0.1) is 0 Å². The fourth-order valence-corrected chi connectivity index (χ4v) is 3.23. The summed E-state index contributed by atoms with van der Waals surface area (Å²) >= 11 is 18.3. The Balaban J connectivity index is 2.25. The molecule has 7 heteroatoms. The molecule has 0 fully saturated rings. The van der Waals surface area contributed by atoms with Crippen molar-refractivity contribution < 1.29 is 9.59 Å². The summed E-state index contributed by atoms with van der Waals surface area (Å²) in [7, 11) is 0. The second-order valence-electron chi connectivity index (χ2n) is 6.51. The van der Waals surface area contributed by atoms with Crippen molar-refractivity contribution in [3.05, 3.63) is 68.7 Å². The predicted octanol–water partition coefficient (Wildman–Crippen LogP) is 5.13. The molecule has 2 rings (SSSR count). The minimum atomic E-state index is -0.641. The number of carbonyl (C=O) groups excluding carboxylic acids is 2. The number of nitrogens with zero attached hydrogens (tertiary/aromatic N) is 1. The third-order valence-electron chi connectivity index (χ3n) is 4.35. The summed E-state index contributed by atoms with van der Waals surface area (Å²) in [6.07, 6.45) is 0.924. The van der Waals surface area contributed by atoms with E-state index in [0.717, 1.165) is 17.5 Å². The Hall–Kier alpha value is -1.75. The number of nitrogens with one attached hydrogen (secondary N) is 1. The van der Waals surface area contributed by atoms with Gasteiger partial charge >= 0.3 is 0 Å². The molecule has 2 aromatic carbocycles. The molecule has 0 aliphatic rings. The standard InChI is InChI=1S/C21H23Cl3N2O2/c1-3-10-25-21(28)14(2)26(13-16-6-4-5-7-17(16)22)20(27)12-15-8-9-18(23)19(24)11-15/h4-9,11,14H,3,10,12-13H2,1-2H3,(H,25,28)/t14-/m0/s1. The Morgan fingerprint density at radius 3 is 2.39 bits per heavy atom. The first kappa shape index (κ1) is 22.5. The van der Waals surface area contributed by atoms with E-state index < -0.39 is 6.04 Å². The first-order valence-corrected chi connectivity index (χ1v) is 10.2. The van der Waals surface area contributed by atoms with Crippen molar-refractivity contribution in [3.63, 3.8) is 0 Å². The highest BCUT2D eigenvalue weighted by Gasteiger charge is 2.26. The third kappa shape index (κ3) is 6.13. The third-order valence-corrected chi connectivity index (χ3v) is 5.46. The van der Waals surface area contributed by atoms with Gasteiger partial charge in [-0.2, -0.15) is 0 Å². The Bertz CT molecular complexity index is 842. The van der Waals surface area contributed by atoms with Gasteiger partial charge < -0.3 is 10.2 Å². The van der Waals surface area contributed by atoms with Crippen molar-refractivity contribution >= 4 is 46.6 Å². The monoisotopic (exact) mass is 440 g/mol. The van der Waals surface area contributed by atoms with E-state index in [0.29, 0.717) is 21.6 Å². The van der Waals surface area contributed by atoms with Gasteiger partial charge in [0.15, 0.2) is 0 Å². The summed E-state index contributed by atoms with van der Waals surface area (Å²) in [5, 5.41) is 4.21. The predicted molar refractivity (Wildman–Crippen MR) is 115 cm³/mol. The van der Waals surface area contributed by atoms with Crippen molar-refractivity contribution in [2.45, 2.75) is 39.3 Å². The summed E-state index contributed by atoms with van der Waals surface area (Å²) < 4.78 is 0. The second-order valence-corrected chi connectivity index (χ2v) is 7.73. The zero-order chi connectivity index (χ0) is 20.7. The fraction of sp³-hybridized carbons (Fsp3) is 0.333. The van der Waals surface area contributed by atoms with Crippen molar-refractivity contribution in [1.82, 2.24) is 10.2 Å². The maximum Gasteiger partial charge on any atom is 0.242 e. The van der Waals surface area contributed by atoms with Crippen molar-refractivity contribution in [1.29, 1.82) is 0 Å². The Labute approximate surface area is 180 Å². The van der Waals surface area contributed by atoms with Crippen molar-refractivity contribution in [3.8, 4) is 0 Å². The van der Waals surface area contributed by atoms with Crippen LogP contribution in [0.25, 0.3) is 0 Å². The van der Waals surface area contributed by atoms with Crippen molar-refractivity contribution in [2.24, 2.45) is 0 Å². The Morgan fingerprint density at radius 1 is 1.04 bits per heavy atom. The van der Waals surface area contributed by atoms with Crippen LogP contribution in [0.5, 0.6) is 0 Å². The lowest BCUT2D eigenvalue weighted by atomic mass is 10.1. The van der Waals surface area contributed by atoms with E-state index in [1.54, 1.807) is 31.2 Å². The average molecular weight is 442 g/mol. The molecular weight excluding hydrogens is 419 g/mol. The fourth-order valence-electron chi connectivity index (χ4n) is 2.71. The lowest BCUT2D eigenvalue weighted by Gasteiger charge is -2.29. The maximum absolute atomic E-state index is 13.1. The van der Waals surface area contributed by atoms with E-state index in [2.05, 4.69) is 5.32 Å². The van der Waals surface area contributed by atoms with E-state index in [1.807, 2.05) is 25.1 Å². The summed E-state index contributed by atoms with van der Waals surface area (Å²) in [4.78, 5) is 27.1. The van der Waals surface area contributed by atoms with Crippen LogP contribution in [0.4, 0.5) is 0 Å². The van der Waals surface area contributed by atoms with Crippen LogP contribution in [0.2, 0.25) is 15.1 Å². The molecule has 0 radical (unpaired) electrons. The minimum absolute atomic E-state index is 0.104. The number of hydrogen-bond acceptors (Lipinski definition) is 2. The largest absolute Gasteiger partial charge is 0.354 e. The maximum atomic E-state index is 13.1. The lowest BCUT2D eigenvalue weighted by Crippen LogP contribution is -2.48. The van der Waals surface area contributed by atoms with E-state index in [-0.39, 0.29) is 24.8 Å². The van der Waals surface area contributed by atoms with Crippen LogP contribution in [0.1, 0.15) is 31.4 Å².